The van der Waals surface area contributed by atoms with Crippen LogP contribution in [0.3, 0.4) is 0 Å². The Morgan fingerprint density at radius 3 is 2.50 bits per heavy atom. The Bertz CT molecular complexity index is 725. The van der Waals surface area contributed by atoms with E-state index < -0.39 is 0 Å². The van der Waals surface area contributed by atoms with Crippen molar-refractivity contribution in [2.75, 3.05) is 0 Å². The van der Waals surface area contributed by atoms with Crippen LogP contribution in [0.2, 0.25) is 0 Å². The first kappa shape index (κ1) is 12.9. The molecule has 20 heavy (non-hydrogen) atoms. The van der Waals surface area contributed by atoms with Gasteiger partial charge in [-0.15, -0.1) is 0 Å². The zero-order chi connectivity index (χ0) is 14.1. The smallest absolute Gasteiger partial charge is 0.134 e. The summed E-state index contributed by atoms with van der Waals surface area (Å²) in [5.41, 5.74) is 10.8. The highest BCUT2D eigenvalue weighted by Gasteiger charge is 2.14. The second-order valence-corrected chi connectivity index (χ2v) is 5.26. The molecule has 102 valence electrons. The Hall–Kier alpha value is -2.06. The largest absolute Gasteiger partial charge is 0.459 e. The number of hydrogen-bond donors (Lipinski definition) is 1. The van der Waals surface area contributed by atoms with E-state index in [4.69, 9.17) is 10.2 Å². The number of hydrogen-bond acceptors (Lipinski definition) is 2. The van der Waals surface area contributed by atoms with Crippen molar-refractivity contribution in [3.8, 4) is 0 Å². The second kappa shape index (κ2) is 5.14. The fraction of sp³-hybridized carbons (Fsp3) is 0.222. The first-order valence-electron chi connectivity index (χ1n) is 7.02. The molecule has 1 atom stereocenters. The highest BCUT2D eigenvalue weighted by Crippen LogP contribution is 2.27. The van der Waals surface area contributed by atoms with E-state index >= 15 is 0 Å². The molecule has 1 unspecified atom stereocenters. The average Bonchev–Trinajstić information content (AvgIpc) is 2.90. The maximum atomic E-state index is 6.31. The topological polar surface area (TPSA) is 39.2 Å². The van der Waals surface area contributed by atoms with E-state index in [9.17, 15) is 0 Å². The summed E-state index contributed by atoms with van der Waals surface area (Å²) in [5, 5.41) is 1.13. The molecule has 0 aliphatic heterocycles. The minimum atomic E-state index is -0.215. The molecule has 2 aromatic carbocycles. The van der Waals surface area contributed by atoms with Gasteiger partial charge in [0.05, 0.1) is 6.04 Å². The highest BCUT2D eigenvalue weighted by molar-refractivity contribution is 5.79. The standard InChI is InChI=1S/C18H19NO/c1-3-13-6-9-16-15(10-13)11-17(20-16)18(19)14-7-4-12(2)5-8-14/h4-11,18H,3,19H2,1-2H3. The van der Waals surface area contributed by atoms with Gasteiger partial charge in [0.2, 0.25) is 0 Å². The van der Waals surface area contributed by atoms with Crippen LogP contribution >= 0.6 is 0 Å². The van der Waals surface area contributed by atoms with Gasteiger partial charge in [-0.2, -0.15) is 0 Å². The van der Waals surface area contributed by atoms with E-state index in [2.05, 4.69) is 56.3 Å². The first-order chi connectivity index (χ1) is 9.67. The lowest BCUT2D eigenvalue weighted by Gasteiger charge is -2.08. The van der Waals surface area contributed by atoms with E-state index in [-0.39, 0.29) is 6.04 Å². The van der Waals surface area contributed by atoms with E-state index in [0.717, 1.165) is 28.7 Å². The average molecular weight is 265 g/mol. The number of fused-ring (bicyclic) bond motifs is 1. The number of benzene rings is 2. The number of rotatable bonds is 3. The summed E-state index contributed by atoms with van der Waals surface area (Å²) in [4.78, 5) is 0. The third-order valence-electron chi connectivity index (χ3n) is 3.75. The lowest BCUT2D eigenvalue weighted by Crippen LogP contribution is -2.10. The molecule has 0 aliphatic rings. The summed E-state index contributed by atoms with van der Waals surface area (Å²) < 4.78 is 5.89. The molecule has 1 aromatic heterocycles. The van der Waals surface area contributed by atoms with Gasteiger partial charge in [0.25, 0.3) is 0 Å². The molecule has 0 amide bonds. The number of furan rings is 1. The van der Waals surface area contributed by atoms with E-state index in [0.29, 0.717) is 0 Å². The van der Waals surface area contributed by atoms with Gasteiger partial charge in [-0.1, -0.05) is 42.8 Å². The first-order valence-corrected chi connectivity index (χ1v) is 7.02. The molecule has 0 saturated heterocycles. The van der Waals surface area contributed by atoms with E-state index in [1.165, 1.54) is 11.1 Å². The molecular weight excluding hydrogens is 246 g/mol. The Morgan fingerprint density at radius 2 is 1.80 bits per heavy atom. The summed E-state index contributed by atoms with van der Waals surface area (Å²) in [6.07, 6.45) is 1.03. The maximum Gasteiger partial charge on any atom is 0.134 e. The lowest BCUT2D eigenvalue weighted by atomic mass is 10.0. The third kappa shape index (κ3) is 2.35. The van der Waals surface area contributed by atoms with Crippen molar-refractivity contribution in [3.05, 3.63) is 71.0 Å². The van der Waals surface area contributed by atoms with Gasteiger partial charge in [0.1, 0.15) is 11.3 Å². The van der Waals surface area contributed by atoms with Crippen molar-refractivity contribution in [2.24, 2.45) is 5.73 Å². The molecule has 3 rings (SSSR count). The maximum absolute atomic E-state index is 6.31. The van der Waals surface area contributed by atoms with Crippen LogP contribution in [-0.2, 0) is 6.42 Å². The summed E-state index contributed by atoms with van der Waals surface area (Å²) in [5.74, 6) is 0.817. The van der Waals surface area contributed by atoms with Crippen LogP contribution in [0.15, 0.2) is 52.9 Å². The predicted octanol–water partition coefficient (Wildman–Crippen LogP) is 4.35. The summed E-state index contributed by atoms with van der Waals surface area (Å²) in [6.45, 7) is 4.23. The van der Waals surface area contributed by atoms with Crippen molar-refractivity contribution in [2.45, 2.75) is 26.3 Å². The highest BCUT2D eigenvalue weighted by atomic mass is 16.3. The van der Waals surface area contributed by atoms with Crippen LogP contribution in [0.4, 0.5) is 0 Å². The third-order valence-corrected chi connectivity index (χ3v) is 3.75. The molecule has 0 fully saturated rings. The fourth-order valence-corrected chi connectivity index (χ4v) is 2.42. The van der Waals surface area contributed by atoms with Gasteiger partial charge in [-0.05, 0) is 42.7 Å². The zero-order valence-corrected chi connectivity index (χ0v) is 11.9. The predicted molar refractivity (Wildman–Crippen MR) is 82.8 cm³/mol. The second-order valence-electron chi connectivity index (χ2n) is 5.26. The molecule has 0 radical (unpaired) electrons. The van der Waals surface area contributed by atoms with E-state index in [1.54, 1.807) is 0 Å². The zero-order valence-electron chi connectivity index (χ0n) is 11.9. The van der Waals surface area contributed by atoms with Gasteiger partial charge < -0.3 is 10.2 Å². The fourth-order valence-electron chi connectivity index (χ4n) is 2.42. The van der Waals surface area contributed by atoms with Crippen molar-refractivity contribution in [1.82, 2.24) is 0 Å². The molecule has 2 heteroatoms. The number of nitrogens with two attached hydrogens (primary N) is 1. The van der Waals surface area contributed by atoms with Crippen molar-refractivity contribution >= 4 is 11.0 Å². The van der Waals surface area contributed by atoms with Crippen LogP contribution in [0, 0.1) is 6.92 Å². The Kier molecular flexibility index (Phi) is 3.33. The minimum Gasteiger partial charge on any atom is -0.459 e. The molecule has 1 heterocycles. The van der Waals surface area contributed by atoms with Gasteiger partial charge in [0, 0.05) is 5.39 Å². The summed E-state index contributed by atoms with van der Waals surface area (Å²) >= 11 is 0. The Balaban J connectivity index is 1.98. The van der Waals surface area contributed by atoms with Crippen LogP contribution in [0.25, 0.3) is 11.0 Å². The molecule has 2 N–H and O–H groups in total. The Morgan fingerprint density at radius 1 is 1.05 bits per heavy atom. The molecule has 0 saturated carbocycles. The van der Waals surface area contributed by atoms with Crippen molar-refractivity contribution in [3.63, 3.8) is 0 Å². The molecule has 3 aromatic rings. The van der Waals surface area contributed by atoms with Crippen LogP contribution in [-0.4, -0.2) is 0 Å². The summed E-state index contributed by atoms with van der Waals surface area (Å²) in [7, 11) is 0. The molecule has 2 nitrogen and oxygen atoms in total. The lowest BCUT2D eigenvalue weighted by molar-refractivity contribution is 0.525. The van der Waals surface area contributed by atoms with Gasteiger partial charge in [-0.25, -0.2) is 0 Å². The van der Waals surface area contributed by atoms with Gasteiger partial charge in [0.15, 0.2) is 0 Å². The monoisotopic (exact) mass is 265 g/mol. The normalized spacial score (nSPS) is 12.8. The SMILES string of the molecule is CCc1ccc2oc(C(N)c3ccc(C)cc3)cc2c1. The van der Waals surface area contributed by atoms with Gasteiger partial charge in [-0.3, -0.25) is 0 Å². The van der Waals surface area contributed by atoms with Gasteiger partial charge >= 0.3 is 0 Å². The quantitative estimate of drug-likeness (QED) is 0.764. The van der Waals surface area contributed by atoms with Crippen molar-refractivity contribution < 1.29 is 4.42 Å². The van der Waals surface area contributed by atoms with Crippen LogP contribution in [0.5, 0.6) is 0 Å². The minimum absolute atomic E-state index is 0.215. The summed E-state index contributed by atoms with van der Waals surface area (Å²) in [6, 6.07) is 16.4. The van der Waals surface area contributed by atoms with E-state index in [1.807, 2.05) is 6.07 Å². The molecular formula is C18H19NO. The van der Waals surface area contributed by atoms with Crippen LogP contribution in [0.1, 0.15) is 35.4 Å². The van der Waals surface area contributed by atoms with Crippen LogP contribution < -0.4 is 5.73 Å². The molecule has 0 bridgehead atoms. The molecule has 0 aliphatic carbocycles. The number of aryl methyl sites for hydroxylation is 2. The molecule has 0 spiro atoms. The Labute approximate surface area is 119 Å². The van der Waals surface area contributed by atoms with Crippen molar-refractivity contribution in [1.29, 1.82) is 0 Å².